The van der Waals surface area contributed by atoms with Crippen molar-refractivity contribution in [2.24, 2.45) is 0 Å². The standard InChI is InChI=1S/C15H20N2O3/c1-14(2,3)20-13(18)17-9-7-15(12(10-17)19-15)11-6-4-5-8-16-11/h4-6,8,12H,7,9-10H2,1-3H3/t12-,15+/m1/s1. The van der Waals surface area contributed by atoms with E-state index in [9.17, 15) is 4.79 Å². The van der Waals surface area contributed by atoms with Crippen LogP contribution in [0.3, 0.4) is 0 Å². The number of ether oxygens (including phenoxy) is 2. The van der Waals surface area contributed by atoms with Crippen LogP contribution in [0.4, 0.5) is 4.79 Å². The fourth-order valence-electron chi connectivity index (χ4n) is 2.68. The van der Waals surface area contributed by atoms with Gasteiger partial charge < -0.3 is 14.4 Å². The number of rotatable bonds is 1. The van der Waals surface area contributed by atoms with Gasteiger partial charge >= 0.3 is 6.09 Å². The molecule has 0 N–H and O–H groups in total. The maximum absolute atomic E-state index is 12.1. The predicted octanol–water partition coefficient (Wildman–Crippen LogP) is 2.32. The number of aromatic nitrogens is 1. The van der Waals surface area contributed by atoms with Crippen LogP contribution >= 0.6 is 0 Å². The molecule has 5 nitrogen and oxygen atoms in total. The molecule has 108 valence electrons. The molecule has 0 radical (unpaired) electrons. The third-order valence-electron chi connectivity index (χ3n) is 3.70. The van der Waals surface area contributed by atoms with E-state index in [1.54, 1.807) is 11.1 Å². The topological polar surface area (TPSA) is 55.0 Å². The van der Waals surface area contributed by atoms with Gasteiger partial charge in [-0.3, -0.25) is 4.98 Å². The number of pyridine rings is 1. The molecule has 0 aliphatic carbocycles. The molecule has 3 rings (SSSR count). The number of likely N-dealkylation sites (tertiary alicyclic amines) is 1. The molecule has 20 heavy (non-hydrogen) atoms. The summed E-state index contributed by atoms with van der Waals surface area (Å²) >= 11 is 0. The molecule has 2 aliphatic rings. The highest BCUT2D eigenvalue weighted by atomic mass is 16.6. The van der Waals surface area contributed by atoms with E-state index >= 15 is 0 Å². The smallest absolute Gasteiger partial charge is 0.410 e. The Hall–Kier alpha value is -1.62. The summed E-state index contributed by atoms with van der Waals surface area (Å²) in [6.07, 6.45) is 2.33. The van der Waals surface area contributed by atoms with Crippen LogP contribution in [0.15, 0.2) is 24.4 Å². The molecule has 2 aliphatic heterocycles. The van der Waals surface area contributed by atoms with Crippen LogP contribution in [-0.2, 0) is 15.1 Å². The van der Waals surface area contributed by atoms with Gasteiger partial charge in [0.05, 0.1) is 12.2 Å². The van der Waals surface area contributed by atoms with Gasteiger partial charge in [0.2, 0.25) is 0 Å². The van der Waals surface area contributed by atoms with Gasteiger partial charge in [0.15, 0.2) is 0 Å². The lowest BCUT2D eigenvalue weighted by atomic mass is 9.93. The predicted molar refractivity (Wildman–Crippen MR) is 73.2 cm³/mol. The van der Waals surface area contributed by atoms with E-state index in [0.717, 1.165) is 12.1 Å². The van der Waals surface area contributed by atoms with E-state index in [1.165, 1.54) is 0 Å². The van der Waals surface area contributed by atoms with Gasteiger partial charge in [-0.2, -0.15) is 0 Å². The van der Waals surface area contributed by atoms with E-state index in [1.807, 2.05) is 39.0 Å². The molecule has 0 saturated carbocycles. The Morgan fingerprint density at radius 2 is 2.30 bits per heavy atom. The fourth-order valence-corrected chi connectivity index (χ4v) is 2.68. The Morgan fingerprint density at radius 3 is 2.90 bits per heavy atom. The van der Waals surface area contributed by atoms with Crippen molar-refractivity contribution in [2.75, 3.05) is 13.1 Å². The molecule has 0 unspecified atom stereocenters. The fraction of sp³-hybridized carbons (Fsp3) is 0.600. The van der Waals surface area contributed by atoms with Crippen molar-refractivity contribution < 1.29 is 14.3 Å². The van der Waals surface area contributed by atoms with Crippen LogP contribution < -0.4 is 0 Å². The number of amides is 1. The number of carbonyl (C=O) groups excluding carboxylic acids is 1. The summed E-state index contributed by atoms with van der Waals surface area (Å²) in [6, 6.07) is 5.85. The van der Waals surface area contributed by atoms with Gasteiger partial charge in [0.1, 0.15) is 17.3 Å². The van der Waals surface area contributed by atoms with Crippen molar-refractivity contribution in [3.8, 4) is 0 Å². The molecular weight excluding hydrogens is 256 g/mol. The van der Waals surface area contributed by atoms with E-state index in [-0.39, 0.29) is 17.8 Å². The van der Waals surface area contributed by atoms with Crippen LogP contribution in [0.25, 0.3) is 0 Å². The minimum Gasteiger partial charge on any atom is -0.444 e. The average Bonchev–Trinajstić information content (AvgIpc) is 3.12. The van der Waals surface area contributed by atoms with Gasteiger partial charge in [-0.1, -0.05) is 6.07 Å². The zero-order valence-corrected chi connectivity index (χ0v) is 12.1. The number of epoxide rings is 1. The van der Waals surface area contributed by atoms with Crippen LogP contribution in [0, 0.1) is 0 Å². The molecule has 3 heterocycles. The Kier molecular flexibility index (Phi) is 2.97. The number of nitrogens with zero attached hydrogens (tertiary/aromatic N) is 2. The molecule has 2 saturated heterocycles. The van der Waals surface area contributed by atoms with E-state index in [4.69, 9.17) is 9.47 Å². The summed E-state index contributed by atoms with van der Waals surface area (Å²) in [6.45, 7) is 6.84. The SMILES string of the molecule is CC(C)(C)OC(=O)N1CC[C@@]2(c3ccccn3)O[C@@H]2C1. The van der Waals surface area contributed by atoms with Crippen molar-refractivity contribution in [2.45, 2.75) is 44.5 Å². The first-order valence-corrected chi connectivity index (χ1v) is 6.98. The Bertz CT molecular complexity index is 512. The van der Waals surface area contributed by atoms with Gasteiger partial charge in [-0.25, -0.2) is 4.79 Å². The normalized spacial score (nSPS) is 28.8. The molecule has 0 spiro atoms. The number of hydrogen-bond acceptors (Lipinski definition) is 4. The van der Waals surface area contributed by atoms with Crippen LogP contribution in [0.5, 0.6) is 0 Å². The van der Waals surface area contributed by atoms with Gasteiger partial charge in [-0.15, -0.1) is 0 Å². The molecule has 1 aromatic rings. The second-order valence-corrected chi connectivity index (χ2v) is 6.39. The quantitative estimate of drug-likeness (QED) is 0.739. The molecule has 1 aromatic heterocycles. The first-order chi connectivity index (χ1) is 9.41. The molecular formula is C15H20N2O3. The summed E-state index contributed by atoms with van der Waals surface area (Å²) < 4.78 is 11.2. The van der Waals surface area contributed by atoms with Gasteiger partial charge in [0.25, 0.3) is 0 Å². The Balaban J connectivity index is 1.65. The van der Waals surface area contributed by atoms with Crippen molar-refractivity contribution in [1.82, 2.24) is 9.88 Å². The molecule has 1 amide bonds. The minimum absolute atomic E-state index is 0.0404. The first-order valence-electron chi connectivity index (χ1n) is 6.98. The highest BCUT2D eigenvalue weighted by Crippen LogP contribution is 2.51. The average molecular weight is 276 g/mol. The minimum atomic E-state index is -0.461. The van der Waals surface area contributed by atoms with Crippen LogP contribution in [-0.4, -0.2) is 40.8 Å². The maximum Gasteiger partial charge on any atom is 0.410 e. The highest BCUT2D eigenvalue weighted by Gasteiger charge is 2.61. The number of hydrogen-bond donors (Lipinski definition) is 0. The number of piperidine rings is 1. The van der Waals surface area contributed by atoms with E-state index in [2.05, 4.69) is 4.98 Å². The second kappa shape index (κ2) is 4.45. The lowest BCUT2D eigenvalue weighted by Crippen LogP contribution is -2.44. The summed E-state index contributed by atoms with van der Waals surface area (Å²) in [7, 11) is 0. The third-order valence-corrected chi connectivity index (χ3v) is 3.70. The zero-order valence-electron chi connectivity index (χ0n) is 12.1. The van der Waals surface area contributed by atoms with Gasteiger partial charge in [-0.05, 0) is 32.9 Å². The monoisotopic (exact) mass is 276 g/mol. The summed E-state index contributed by atoms with van der Waals surface area (Å²) in [5.41, 5.74) is 0.227. The summed E-state index contributed by atoms with van der Waals surface area (Å²) in [5, 5.41) is 0. The molecule has 0 aromatic carbocycles. The van der Waals surface area contributed by atoms with E-state index < -0.39 is 5.60 Å². The van der Waals surface area contributed by atoms with Crippen molar-refractivity contribution >= 4 is 6.09 Å². The molecule has 0 bridgehead atoms. The van der Waals surface area contributed by atoms with Crippen LogP contribution in [0.2, 0.25) is 0 Å². The highest BCUT2D eigenvalue weighted by molar-refractivity contribution is 5.68. The largest absolute Gasteiger partial charge is 0.444 e. The summed E-state index contributed by atoms with van der Waals surface area (Å²) in [4.78, 5) is 18.2. The van der Waals surface area contributed by atoms with Gasteiger partial charge in [0, 0.05) is 19.2 Å². The Morgan fingerprint density at radius 1 is 1.50 bits per heavy atom. The lowest BCUT2D eigenvalue weighted by Gasteiger charge is -2.30. The number of fused-ring (bicyclic) bond motifs is 1. The molecule has 2 atom stereocenters. The third kappa shape index (κ3) is 2.38. The Labute approximate surface area is 118 Å². The van der Waals surface area contributed by atoms with E-state index in [0.29, 0.717) is 13.1 Å². The summed E-state index contributed by atoms with van der Waals surface area (Å²) in [5.74, 6) is 0. The molecule has 2 fully saturated rings. The number of carbonyl (C=O) groups is 1. The van der Waals surface area contributed by atoms with Crippen LogP contribution in [0.1, 0.15) is 32.9 Å². The molecule has 5 heteroatoms. The zero-order chi connectivity index (χ0) is 14.4. The first kappa shape index (κ1) is 13.4. The lowest BCUT2D eigenvalue weighted by molar-refractivity contribution is 0.0217. The van der Waals surface area contributed by atoms with Crippen molar-refractivity contribution in [1.29, 1.82) is 0 Å². The second-order valence-electron chi connectivity index (χ2n) is 6.39. The maximum atomic E-state index is 12.1. The van der Waals surface area contributed by atoms with Crippen molar-refractivity contribution in [3.05, 3.63) is 30.1 Å². The van der Waals surface area contributed by atoms with Crippen molar-refractivity contribution in [3.63, 3.8) is 0 Å².